The smallest absolute Gasteiger partial charge is 0.185 e. The van der Waals surface area contributed by atoms with Crippen LogP contribution < -0.4 is 5.73 Å². The number of hydrogen-bond donors (Lipinski definition) is 1. The molecule has 0 heterocycles. The summed E-state index contributed by atoms with van der Waals surface area (Å²) in [6.45, 7) is 6.52. The molecular formula is C12H25NO5S. The topological polar surface area (TPSA) is 80.0 Å². The van der Waals surface area contributed by atoms with Gasteiger partial charge >= 0.3 is 0 Å². The van der Waals surface area contributed by atoms with Crippen molar-refractivity contribution >= 4 is 16.9 Å². The molecule has 2 N–H and O–H groups in total. The molecule has 7 heteroatoms. The summed E-state index contributed by atoms with van der Waals surface area (Å²) in [6.07, 6.45) is 0. The second kappa shape index (κ2) is 15.9. The van der Waals surface area contributed by atoms with Crippen molar-refractivity contribution in [3.63, 3.8) is 0 Å². The van der Waals surface area contributed by atoms with E-state index in [9.17, 15) is 4.79 Å². The summed E-state index contributed by atoms with van der Waals surface area (Å²) in [7, 11) is 0. The van der Waals surface area contributed by atoms with E-state index in [1.807, 2.05) is 0 Å². The first-order valence-electron chi connectivity index (χ1n) is 6.41. The summed E-state index contributed by atoms with van der Waals surface area (Å²) in [4.78, 5) is 10.6. The number of nitrogens with two attached hydrogens (primary N) is 1. The number of carbonyl (C=O) groups excluding carboxylic acids is 1. The summed E-state index contributed by atoms with van der Waals surface area (Å²) in [5.41, 5.74) is 5.27. The van der Waals surface area contributed by atoms with Crippen LogP contribution in [0.1, 0.15) is 6.92 Å². The molecule has 0 amide bonds. The van der Waals surface area contributed by atoms with Crippen LogP contribution in [0.5, 0.6) is 0 Å². The van der Waals surface area contributed by atoms with Gasteiger partial charge in [-0.25, -0.2) is 0 Å². The van der Waals surface area contributed by atoms with E-state index < -0.39 is 0 Å². The van der Waals surface area contributed by atoms with E-state index in [1.54, 1.807) is 6.92 Å². The molecule has 0 aliphatic carbocycles. The molecule has 0 aromatic heterocycles. The monoisotopic (exact) mass is 295 g/mol. The number of hydrogen-bond acceptors (Lipinski definition) is 7. The normalized spacial score (nSPS) is 10.8. The minimum Gasteiger partial charge on any atom is -0.378 e. The Bertz CT molecular complexity index is 207. The van der Waals surface area contributed by atoms with E-state index in [-0.39, 0.29) is 5.12 Å². The highest BCUT2D eigenvalue weighted by atomic mass is 32.2. The van der Waals surface area contributed by atoms with Gasteiger partial charge in [0.25, 0.3) is 0 Å². The third kappa shape index (κ3) is 17.8. The van der Waals surface area contributed by atoms with E-state index in [1.165, 1.54) is 11.8 Å². The highest BCUT2D eigenvalue weighted by Gasteiger charge is 1.95. The van der Waals surface area contributed by atoms with Gasteiger partial charge in [-0.3, -0.25) is 4.79 Å². The third-order valence-corrected chi connectivity index (χ3v) is 2.69. The van der Waals surface area contributed by atoms with E-state index in [0.29, 0.717) is 65.2 Å². The zero-order valence-electron chi connectivity index (χ0n) is 11.6. The van der Waals surface area contributed by atoms with E-state index >= 15 is 0 Å². The molecule has 0 fully saturated rings. The first-order valence-corrected chi connectivity index (χ1v) is 7.40. The maximum atomic E-state index is 10.6. The number of carbonyl (C=O) groups is 1. The lowest BCUT2D eigenvalue weighted by Crippen LogP contribution is -2.14. The van der Waals surface area contributed by atoms with Gasteiger partial charge in [-0.05, 0) is 0 Å². The van der Waals surface area contributed by atoms with Crippen LogP contribution in [-0.4, -0.2) is 70.3 Å². The first kappa shape index (κ1) is 18.8. The Morgan fingerprint density at radius 1 is 0.842 bits per heavy atom. The standard InChI is InChI=1S/C12H25NO5S/c1-12(14)19-11-10-18-9-8-17-7-6-16-5-4-15-3-2-13/h2-11,13H2,1H3. The maximum Gasteiger partial charge on any atom is 0.185 e. The predicted octanol–water partition coefficient (Wildman–Crippen LogP) is 0.291. The summed E-state index contributed by atoms with van der Waals surface area (Å²) >= 11 is 1.27. The van der Waals surface area contributed by atoms with Gasteiger partial charge in [0.15, 0.2) is 5.12 Å². The van der Waals surface area contributed by atoms with Crippen LogP contribution in [-0.2, 0) is 23.7 Å². The van der Waals surface area contributed by atoms with Crippen molar-refractivity contribution in [3.05, 3.63) is 0 Å². The molecule has 19 heavy (non-hydrogen) atoms. The van der Waals surface area contributed by atoms with Gasteiger partial charge in [0.1, 0.15) is 0 Å². The minimum absolute atomic E-state index is 0.118. The fourth-order valence-electron chi connectivity index (χ4n) is 1.09. The van der Waals surface area contributed by atoms with Gasteiger partial charge in [0.2, 0.25) is 0 Å². The number of thioether (sulfide) groups is 1. The highest BCUT2D eigenvalue weighted by Crippen LogP contribution is 1.99. The predicted molar refractivity (Wildman–Crippen MR) is 75.5 cm³/mol. The highest BCUT2D eigenvalue weighted by molar-refractivity contribution is 8.13. The van der Waals surface area contributed by atoms with Crippen molar-refractivity contribution in [3.8, 4) is 0 Å². The summed E-state index contributed by atoms with van der Waals surface area (Å²) < 4.78 is 21.0. The maximum absolute atomic E-state index is 10.6. The summed E-state index contributed by atoms with van der Waals surface area (Å²) in [6, 6.07) is 0. The molecule has 0 aliphatic rings. The molecule has 0 aromatic rings. The largest absolute Gasteiger partial charge is 0.378 e. The molecule has 0 atom stereocenters. The second-order valence-electron chi connectivity index (χ2n) is 3.58. The third-order valence-electron chi connectivity index (χ3n) is 1.91. The van der Waals surface area contributed by atoms with Crippen molar-refractivity contribution in [1.82, 2.24) is 0 Å². The molecule has 114 valence electrons. The molecule has 0 aromatic carbocycles. The lowest BCUT2D eigenvalue weighted by Gasteiger charge is -2.06. The Kier molecular flexibility index (Phi) is 15.7. The van der Waals surface area contributed by atoms with Gasteiger partial charge in [0.05, 0.1) is 52.9 Å². The Balaban J connectivity index is 2.93. The van der Waals surface area contributed by atoms with Crippen LogP contribution in [0, 0.1) is 0 Å². The fourth-order valence-corrected chi connectivity index (χ4v) is 1.58. The number of ether oxygens (including phenoxy) is 4. The van der Waals surface area contributed by atoms with Crippen molar-refractivity contribution in [1.29, 1.82) is 0 Å². The van der Waals surface area contributed by atoms with Crippen LogP contribution >= 0.6 is 11.8 Å². The Hall–Kier alpha value is -0.180. The van der Waals surface area contributed by atoms with Crippen LogP contribution in [0.2, 0.25) is 0 Å². The zero-order chi connectivity index (χ0) is 14.2. The second-order valence-corrected chi connectivity index (χ2v) is 4.85. The molecule has 0 radical (unpaired) electrons. The van der Waals surface area contributed by atoms with E-state index in [0.717, 1.165) is 0 Å². The molecular weight excluding hydrogens is 270 g/mol. The van der Waals surface area contributed by atoms with Gasteiger partial charge in [-0.15, -0.1) is 0 Å². The molecule has 0 unspecified atom stereocenters. The SMILES string of the molecule is CC(=O)SCCOCCOCCOCCOCCN. The van der Waals surface area contributed by atoms with Crippen molar-refractivity contribution in [2.24, 2.45) is 5.73 Å². The Morgan fingerprint density at radius 2 is 1.26 bits per heavy atom. The van der Waals surface area contributed by atoms with Crippen molar-refractivity contribution in [2.75, 3.05) is 65.2 Å². The quantitative estimate of drug-likeness (QED) is 0.461. The summed E-state index contributed by atoms with van der Waals surface area (Å²) in [5, 5.41) is 0.118. The minimum atomic E-state index is 0.118. The van der Waals surface area contributed by atoms with Crippen LogP contribution in [0.3, 0.4) is 0 Å². The summed E-state index contributed by atoms with van der Waals surface area (Å²) in [5.74, 6) is 0.696. The molecule has 0 aliphatic heterocycles. The molecule has 0 bridgehead atoms. The fraction of sp³-hybridized carbons (Fsp3) is 0.917. The van der Waals surface area contributed by atoms with E-state index in [4.69, 9.17) is 24.7 Å². The molecule has 6 nitrogen and oxygen atoms in total. The molecule has 0 saturated heterocycles. The Labute approximate surface area is 119 Å². The van der Waals surface area contributed by atoms with Crippen LogP contribution in [0.25, 0.3) is 0 Å². The molecule has 0 saturated carbocycles. The molecule has 0 rings (SSSR count). The van der Waals surface area contributed by atoms with Gasteiger partial charge in [0, 0.05) is 19.2 Å². The Morgan fingerprint density at radius 3 is 1.68 bits per heavy atom. The van der Waals surface area contributed by atoms with Gasteiger partial charge < -0.3 is 24.7 Å². The van der Waals surface area contributed by atoms with Crippen molar-refractivity contribution in [2.45, 2.75) is 6.92 Å². The van der Waals surface area contributed by atoms with Gasteiger partial charge in [-0.2, -0.15) is 0 Å². The molecule has 0 spiro atoms. The lowest BCUT2D eigenvalue weighted by molar-refractivity contribution is -0.109. The average molecular weight is 295 g/mol. The zero-order valence-corrected chi connectivity index (χ0v) is 12.4. The van der Waals surface area contributed by atoms with Crippen LogP contribution in [0.15, 0.2) is 0 Å². The van der Waals surface area contributed by atoms with Crippen LogP contribution in [0.4, 0.5) is 0 Å². The van der Waals surface area contributed by atoms with Crippen molar-refractivity contribution < 1.29 is 23.7 Å². The average Bonchev–Trinajstić information content (AvgIpc) is 2.39. The first-order chi connectivity index (χ1) is 9.27. The number of rotatable bonds is 14. The lowest BCUT2D eigenvalue weighted by atomic mass is 10.7. The van der Waals surface area contributed by atoms with Gasteiger partial charge in [-0.1, -0.05) is 11.8 Å². The van der Waals surface area contributed by atoms with E-state index in [2.05, 4.69) is 0 Å².